The standard InChI is InChI=1S/C15H16FNO3S/c1-11-7-14(5-6-15(11)16)17-21(19,20)10-13-4-2-3-12(8-13)9-18/h2-8,17-18H,9-10H2,1H3. The van der Waals surface area contributed by atoms with Gasteiger partial charge in [-0.05, 0) is 41.8 Å². The Hall–Kier alpha value is -1.92. The van der Waals surface area contributed by atoms with Gasteiger partial charge in [0.05, 0.1) is 12.4 Å². The monoisotopic (exact) mass is 309 g/mol. The molecule has 0 heterocycles. The Kier molecular flexibility index (Phi) is 4.59. The zero-order chi connectivity index (χ0) is 15.5. The molecule has 6 heteroatoms. The Bertz CT molecular complexity index is 744. The number of nitrogens with one attached hydrogen (secondary N) is 1. The minimum atomic E-state index is -3.60. The van der Waals surface area contributed by atoms with Crippen LogP contribution in [0.1, 0.15) is 16.7 Å². The van der Waals surface area contributed by atoms with Crippen LogP contribution in [-0.2, 0) is 22.4 Å². The van der Waals surface area contributed by atoms with Crippen LogP contribution in [0.3, 0.4) is 0 Å². The van der Waals surface area contributed by atoms with Gasteiger partial charge in [-0.3, -0.25) is 4.72 Å². The topological polar surface area (TPSA) is 66.4 Å². The van der Waals surface area contributed by atoms with Gasteiger partial charge in [0, 0.05) is 5.69 Å². The largest absolute Gasteiger partial charge is 0.392 e. The molecule has 0 bridgehead atoms. The maximum atomic E-state index is 13.2. The van der Waals surface area contributed by atoms with Gasteiger partial charge in [0.1, 0.15) is 5.82 Å². The molecule has 112 valence electrons. The van der Waals surface area contributed by atoms with E-state index >= 15 is 0 Å². The molecule has 0 amide bonds. The van der Waals surface area contributed by atoms with Crippen molar-refractivity contribution in [1.29, 1.82) is 0 Å². The summed E-state index contributed by atoms with van der Waals surface area (Å²) < 4.78 is 39.8. The Balaban J connectivity index is 2.16. The van der Waals surface area contributed by atoms with E-state index in [0.29, 0.717) is 22.4 Å². The normalized spacial score (nSPS) is 11.4. The molecular formula is C15H16FNO3S. The number of rotatable bonds is 5. The molecule has 0 aliphatic rings. The minimum absolute atomic E-state index is 0.140. The third-order valence-corrected chi connectivity index (χ3v) is 4.22. The molecule has 2 aromatic carbocycles. The Morgan fingerprint density at radius 3 is 2.52 bits per heavy atom. The van der Waals surface area contributed by atoms with Gasteiger partial charge in [0.2, 0.25) is 10.0 Å². The van der Waals surface area contributed by atoms with Crippen LogP contribution in [0.25, 0.3) is 0 Å². The second-order valence-electron chi connectivity index (χ2n) is 4.80. The molecule has 0 atom stereocenters. The lowest BCUT2D eigenvalue weighted by Crippen LogP contribution is -2.15. The highest BCUT2D eigenvalue weighted by Crippen LogP contribution is 2.17. The second-order valence-corrected chi connectivity index (χ2v) is 6.53. The van der Waals surface area contributed by atoms with Crippen LogP contribution in [0.4, 0.5) is 10.1 Å². The SMILES string of the molecule is Cc1cc(NS(=O)(=O)Cc2cccc(CO)c2)ccc1F. The zero-order valence-electron chi connectivity index (χ0n) is 11.5. The molecule has 2 rings (SSSR count). The van der Waals surface area contributed by atoms with Crippen LogP contribution >= 0.6 is 0 Å². The molecule has 2 aromatic rings. The summed E-state index contributed by atoms with van der Waals surface area (Å²) in [5, 5.41) is 9.05. The number of aliphatic hydroxyl groups is 1. The van der Waals surface area contributed by atoms with Gasteiger partial charge in [-0.25, -0.2) is 12.8 Å². The maximum Gasteiger partial charge on any atom is 0.236 e. The fraction of sp³-hybridized carbons (Fsp3) is 0.200. The summed E-state index contributed by atoms with van der Waals surface area (Å²) in [5.41, 5.74) is 1.93. The van der Waals surface area contributed by atoms with Crippen LogP contribution in [-0.4, -0.2) is 13.5 Å². The smallest absolute Gasteiger partial charge is 0.236 e. The van der Waals surface area contributed by atoms with Gasteiger partial charge < -0.3 is 5.11 Å². The second kappa shape index (κ2) is 6.24. The summed E-state index contributed by atoms with van der Waals surface area (Å²) in [7, 11) is -3.60. The highest BCUT2D eigenvalue weighted by molar-refractivity contribution is 7.91. The van der Waals surface area contributed by atoms with Crippen molar-refractivity contribution in [2.45, 2.75) is 19.3 Å². The molecule has 0 saturated heterocycles. The molecule has 0 radical (unpaired) electrons. The van der Waals surface area contributed by atoms with E-state index in [1.165, 1.54) is 18.2 Å². The molecular weight excluding hydrogens is 293 g/mol. The van der Waals surface area contributed by atoms with E-state index in [2.05, 4.69) is 4.72 Å². The van der Waals surface area contributed by atoms with Gasteiger partial charge in [0.15, 0.2) is 0 Å². The molecule has 0 saturated carbocycles. The number of sulfonamides is 1. The van der Waals surface area contributed by atoms with Gasteiger partial charge >= 0.3 is 0 Å². The Morgan fingerprint density at radius 1 is 1.14 bits per heavy atom. The van der Waals surface area contributed by atoms with E-state index in [1.807, 2.05) is 0 Å². The third kappa shape index (κ3) is 4.27. The van der Waals surface area contributed by atoms with Crippen LogP contribution in [0, 0.1) is 12.7 Å². The maximum absolute atomic E-state index is 13.2. The summed E-state index contributed by atoms with van der Waals surface area (Å²) in [4.78, 5) is 0. The zero-order valence-corrected chi connectivity index (χ0v) is 12.3. The minimum Gasteiger partial charge on any atom is -0.392 e. The summed E-state index contributed by atoms with van der Waals surface area (Å²) >= 11 is 0. The first kappa shape index (κ1) is 15.5. The third-order valence-electron chi connectivity index (χ3n) is 2.96. The lowest BCUT2D eigenvalue weighted by atomic mass is 10.1. The molecule has 0 aromatic heterocycles. The van der Waals surface area contributed by atoms with E-state index in [1.54, 1.807) is 31.2 Å². The van der Waals surface area contributed by atoms with Crippen molar-refractivity contribution in [3.8, 4) is 0 Å². The van der Waals surface area contributed by atoms with Crippen LogP contribution < -0.4 is 4.72 Å². The van der Waals surface area contributed by atoms with Crippen molar-refractivity contribution in [1.82, 2.24) is 0 Å². The molecule has 0 aliphatic carbocycles. The van der Waals surface area contributed by atoms with E-state index in [4.69, 9.17) is 5.11 Å². The fourth-order valence-electron chi connectivity index (χ4n) is 1.96. The van der Waals surface area contributed by atoms with Crippen molar-refractivity contribution < 1.29 is 17.9 Å². The first-order chi connectivity index (χ1) is 9.89. The highest BCUT2D eigenvalue weighted by atomic mass is 32.2. The average Bonchev–Trinajstić information content (AvgIpc) is 2.42. The number of aryl methyl sites for hydroxylation is 1. The lowest BCUT2D eigenvalue weighted by molar-refractivity contribution is 0.282. The number of hydrogen-bond donors (Lipinski definition) is 2. The van der Waals surface area contributed by atoms with Crippen molar-refractivity contribution >= 4 is 15.7 Å². The lowest BCUT2D eigenvalue weighted by Gasteiger charge is -2.09. The van der Waals surface area contributed by atoms with Gasteiger partial charge in [-0.2, -0.15) is 0 Å². The van der Waals surface area contributed by atoms with Gasteiger partial charge in [-0.1, -0.05) is 24.3 Å². The molecule has 21 heavy (non-hydrogen) atoms. The number of anilines is 1. The molecule has 2 N–H and O–H groups in total. The summed E-state index contributed by atoms with van der Waals surface area (Å²) in [6.45, 7) is 1.43. The number of hydrogen-bond acceptors (Lipinski definition) is 3. The Labute approximate surface area is 123 Å². The number of aliphatic hydroxyl groups excluding tert-OH is 1. The van der Waals surface area contributed by atoms with Crippen molar-refractivity contribution in [3.05, 3.63) is 65.0 Å². The van der Waals surface area contributed by atoms with E-state index in [0.717, 1.165) is 0 Å². The Morgan fingerprint density at radius 2 is 1.86 bits per heavy atom. The van der Waals surface area contributed by atoms with Crippen molar-refractivity contribution in [2.75, 3.05) is 4.72 Å². The summed E-state index contributed by atoms with van der Waals surface area (Å²) in [5.74, 6) is -0.592. The first-order valence-corrected chi connectivity index (χ1v) is 8.00. The molecule has 0 aliphatic heterocycles. The number of benzene rings is 2. The average molecular weight is 309 g/mol. The van der Waals surface area contributed by atoms with Gasteiger partial charge in [0.25, 0.3) is 0 Å². The highest BCUT2D eigenvalue weighted by Gasteiger charge is 2.12. The van der Waals surface area contributed by atoms with Crippen molar-refractivity contribution in [2.24, 2.45) is 0 Å². The van der Waals surface area contributed by atoms with Gasteiger partial charge in [-0.15, -0.1) is 0 Å². The molecule has 0 fully saturated rings. The predicted octanol–water partition coefficient (Wildman–Crippen LogP) is 2.57. The molecule has 0 unspecified atom stereocenters. The predicted molar refractivity (Wildman–Crippen MR) is 79.7 cm³/mol. The fourth-order valence-corrected chi connectivity index (χ4v) is 3.14. The van der Waals surface area contributed by atoms with E-state index in [-0.39, 0.29) is 18.2 Å². The molecule has 4 nitrogen and oxygen atoms in total. The van der Waals surface area contributed by atoms with Crippen molar-refractivity contribution in [3.63, 3.8) is 0 Å². The van der Waals surface area contributed by atoms with E-state index < -0.39 is 10.0 Å². The number of halogens is 1. The van der Waals surface area contributed by atoms with Crippen LogP contribution in [0.2, 0.25) is 0 Å². The summed E-state index contributed by atoms with van der Waals surface area (Å²) in [6, 6.07) is 10.8. The summed E-state index contributed by atoms with van der Waals surface area (Å²) in [6.07, 6.45) is 0. The van der Waals surface area contributed by atoms with Crippen LogP contribution in [0.15, 0.2) is 42.5 Å². The molecule has 0 spiro atoms. The first-order valence-electron chi connectivity index (χ1n) is 6.35. The van der Waals surface area contributed by atoms with Crippen LogP contribution in [0.5, 0.6) is 0 Å². The quantitative estimate of drug-likeness (QED) is 0.892. The van der Waals surface area contributed by atoms with E-state index in [9.17, 15) is 12.8 Å².